The van der Waals surface area contributed by atoms with E-state index < -0.39 is 0 Å². The van der Waals surface area contributed by atoms with Crippen LogP contribution < -0.4 is 5.69 Å². The van der Waals surface area contributed by atoms with Crippen molar-refractivity contribution < 1.29 is 0 Å². The van der Waals surface area contributed by atoms with E-state index in [9.17, 15) is 4.79 Å². The molecule has 0 saturated carbocycles. The van der Waals surface area contributed by atoms with Crippen LogP contribution in [0.15, 0.2) is 29.2 Å². The van der Waals surface area contributed by atoms with Crippen molar-refractivity contribution in [3.63, 3.8) is 0 Å². The van der Waals surface area contributed by atoms with E-state index in [1.807, 2.05) is 0 Å². The molecule has 1 aromatic carbocycles. The first kappa shape index (κ1) is 7.62. The number of aryl methyl sites for hydroxylation is 1. The fraction of sp³-hybridized carbons (Fsp3) is 0.182. The van der Waals surface area contributed by atoms with Gasteiger partial charge in [-0.25, -0.2) is 4.79 Å². The third kappa shape index (κ3) is 0.839. The Balaban J connectivity index is 2.35. The summed E-state index contributed by atoms with van der Waals surface area (Å²) in [7, 11) is 0. The number of H-pyrrole nitrogens is 1. The normalized spacial score (nSPS) is 12.6. The van der Waals surface area contributed by atoms with E-state index in [4.69, 9.17) is 0 Å². The van der Waals surface area contributed by atoms with E-state index in [0.29, 0.717) is 6.54 Å². The van der Waals surface area contributed by atoms with E-state index in [2.05, 4.69) is 30.1 Å². The minimum Gasteiger partial charge on any atom is -0.312 e. The molecular formula is C11H10N2O. The summed E-state index contributed by atoms with van der Waals surface area (Å²) in [5, 5.41) is 0. The van der Waals surface area contributed by atoms with Gasteiger partial charge in [0.05, 0.1) is 12.2 Å². The average Bonchev–Trinajstić information content (AvgIpc) is 2.67. The third-order valence-electron chi connectivity index (χ3n) is 2.74. The van der Waals surface area contributed by atoms with Gasteiger partial charge in [0, 0.05) is 11.8 Å². The van der Waals surface area contributed by atoms with Crippen molar-refractivity contribution in [1.82, 2.24) is 9.55 Å². The zero-order chi connectivity index (χ0) is 9.71. The number of hydrogen-bond acceptors (Lipinski definition) is 1. The molecule has 70 valence electrons. The summed E-state index contributed by atoms with van der Waals surface area (Å²) in [5.41, 5.74) is 4.63. The van der Waals surface area contributed by atoms with Crippen molar-refractivity contribution in [1.29, 1.82) is 0 Å². The topological polar surface area (TPSA) is 37.8 Å². The molecule has 0 radical (unpaired) electrons. The smallest absolute Gasteiger partial charge is 0.312 e. The number of imidazole rings is 1. The molecule has 0 unspecified atom stereocenters. The largest absolute Gasteiger partial charge is 0.326 e. The first-order valence-electron chi connectivity index (χ1n) is 4.64. The zero-order valence-corrected chi connectivity index (χ0v) is 7.87. The SMILES string of the molecule is Cc1ccc2c(c1)-c1c[nH]c(=O)n1C2. The van der Waals surface area contributed by atoms with Gasteiger partial charge in [-0.2, -0.15) is 0 Å². The number of nitrogens with zero attached hydrogens (tertiary/aromatic N) is 1. The van der Waals surface area contributed by atoms with Crippen molar-refractivity contribution in [3.8, 4) is 11.3 Å². The number of aromatic nitrogens is 2. The van der Waals surface area contributed by atoms with E-state index in [0.717, 1.165) is 5.69 Å². The molecule has 3 heteroatoms. The molecule has 0 fully saturated rings. The second-order valence-electron chi connectivity index (χ2n) is 3.73. The van der Waals surface area contributed by atoms with Gasteiger partial charge in [0.1, 0.15) is 0 Å². The molecule has 3 nitrogen and oxygen atoms in total. The van der Waals surface area contributed by atoms with Gasteiger partial charge in [-0.3, -0.25) is 4.57 Å². The first-order valence-corrected chi connectivity index (χ1v) is 4.64. The number of benzene rings is 1. The van der Waals surface area contributed by atoms with Crippen LogP contribution >= 0.6 is 0 Å². The Bertz CT molecular complexity index is 563. The molecule has 14 heavy (non-hydrogen) atoms. The second-order valence-corrected chi connectivity index (χ2v) is 3.73. The average molecular weight is 186 g/mol. The summed E-state index contributed by atoms with van der Waals surface area (Å²) in [6, 6.07) is 6.30. The Labute approximate surface area is 81.0 Å². The summed E-state index contributed by atoms with van der Waals surface area (Å²) in [6.45, 7) is 2.76. The van der Waals surface area contributed by atoms with Crippen LogP contribution in [-0.4, -0.2) is 9.55 Å². The molecule has 2 heterocycles. The molecule has 2 aromatic rings. The molecular weight excluding hydrogens is 176 g/mol. The standard InChI is InChI=1S/C11H10N2O/c1-7-2-3-8-6-13-10(9(8)4-7)5-12-11(13)14/h2-5H,6H2,1H3,(H,12,14). The van der Waals surface area contributed by atoms with Gasteiger partial charge in [-0.1, -0.05) is 17.7 Å². The van der Waals surface area contributed by atoms with Crippen molar-refractivity contribution in [3.05, 3.63) is 46.0 Å². The quantitative estimate of drug-likeness (QED) is 0.567. The Kier molecular flexibility index (Phi) is 1.29. The summed E-state index contributed by atoms with van der Waals surface area (Å²) < 4.78 is 1.77. The minimum absolute atomic E-state index is 0.0196. The van der Waals surface area contributed by atoms with E-state index in [1.54, 1.807) is 10.8 Å². The van der Waals surface area contributed by atoms with Crippen LogP contribution in [0.1, 0.15) is 11.1 Å². The fourth-order valence-electron chi connectivity index (χ4n) is 2.01. The highest BCUT2D eigenvalue weighted by Crippen LogP contribution is 2.30. The van der Waals surface area contributed by atoms with Gasteiger partial charge in [0.25, 0.3) is 0 Å². The van der Waals surface area contributed by atoms with Crippen LogP contribution in [-0.2, 0) is 6.54 Å². The summed E-state index contributed by atoms with van der Waals surface area (Å²) in [5.74, 6) is 0. The third-order valence-corrected chi connectivity index (χ3v) is 2.74. The Morgan fingerprint density at radius 1 is 1.43 bits per heavy atom. The lowest BCUT2D eigenvalue weighted by Gasteiger charge is -1.98. The number of fused-ring (bicyclic) bond motifs is 3. The van der Waals surface area contributed by atoms with Crippen LogP contribution in [0, 0.1) is 6.92 Å². The Morgan fingerprint density at radius 3 is 3.14 bits per heavy atom. The van der Waals surface area contributed by atoms with Crippen LogP contribution in [0.3, 0.4) is 0 Å². The van der Waals surface area contributed by atoms with Gasteiger partial charge in [-0.05, 0) is 18.6 Å². The van der Waals surface area contributed by atoms with Crippen LogP contribution in [0.2, 0.25) is 0 Å². The monoisotopic (exact) mass is 186 g/mol. The molecule has 0 atom stereocenters. The molecule has 1 aliphatic rings. The van der Waals surface area contributed by atoms with Gasteiger partial charge in [0.15, 0.2) is 0 Å². The molecule has 0 aliphatic carbocycles. The Morgan fingerprint density at radius 2 is 2.29 bits per heavy atom. The lowest BCUT2D eigenvalue weighted by Crippen LogP contribution is -2.14. The highest BCUT2D eigenvalue weighted by atomic mass is 16.1. The maximum atomic E-state index is 11.4. The summed E-state index contributed by atoms with van der Waals surface area (Å²) in [6.07, 6.45) is 1.79. The van der Waals surface area contributed by atoms with Crippen LogP contribution in [0.4, 0.5) is 0 Å². The molecule has 1 N–H and O–H groups in total. The summed E-state index contributed by atoms with van der Waals surface area (Å²) >= 11 is 0. The number of aromatic amines is 1. The lowest BCUT2D eigenvalue weighted by atomic mass is 10.1. The van der Waals surface area contributed by atoms with Gasteiger partial charge >= 0.3 is 5.69 Å². The molecule has 3 rings (SSSR count). The van der Waals surface area contributed by atoms with Crippen molar-refractivity contribution in [2.45, 2.75) is 13.5 Å². The highest BCUT2D eigenvalue weighted by Gasteiger charge is 2.19. The Hall–Kier alpha value is -1.77. The van der Waals surface area contributed by atoms with Crippen LogP contribution in [0.25, 0.3) is 11.3 Å². The van der Waals surface area contributed by atoms with Crippen molar-refractivity contribution in [2.24, 2.45) is 0 Å². The molecule has 0 amide bonds. The predicted octanol–water partition coefficient (Wildman–Crippen LogP) is 1.51. The van der Waals surface area contributed by atoms with Crippen molar-refractivity contribution in [2.75, 3.05) is 0 Å². The van der Waals surface area contributed by atoms with E-state index in [-0.39, 0.29) is 5.69 Å². The van der Waals surface area contributed by atoms with Gasteiger partial charge in [-0.15, -0.1) is 0 Å². The number of rotatable bonds is 0. The molecule has 1 aromatic heterocycles. The minimum atomic E-state index is -0.0196. The summed E-state index contributed by atoms with van der Waals surface area (Å²) in [4.78, 5) is 14.1. The molecule has 1 aliphatic heterocycles. The molecule has 0 saturated heterocycles. The number of nitrogens with one attached hydrogen (secondary N) is 1. The second kappa shape index (κ2) is 2.38. The molecule has 0 bridgehead atoms. The van der Waals surface area contributed by atoms with Crippen LogP contribution in [0.5, 0.6) is 0 Å². The van der Waals surface area contributed by atoms with E-state index in [1.165, 1.54) is 16.7 Å². The maximum absolute atomic E-state index is 11.4. The van der Waals surface area contributed by atoms with E-state index >= 15 is 0 Å². The lowest BCUT2D eigenvalue weighted by molar-refractivity contribution is 0.799. The first-order chi connectivity index (χ1) is 6.75. The van der Waals surface area contributed by atoms with Gasteiger partial charge in [0.2, 0.25) is 0 Å². The zero-order valence-electron chi connectivity index (χ0n) is 7.87. The van der Waals surface area contributed by atoms with Crippen molar-refractivity contribution >= 4 is 0 Å². The molecule has 0 spiro atoms. The highest BCUT2D eigenvalue weighted by molar-refractivity contribution is 5.68. The predicted molar refractivity (Wildman–Crippen MR) is 54.3 cm³/mol. The maximum Gasteiger partial charge on any atom is 0.326 e. The number of hydrogen-bond donors (Lipinski definition) is 1. The van der Waals surface area contributed by atoms with Gasteiger partial charge < -0.3 is 4.98 Å². The fourth-order valence-corrected chi connectivity index (χ4v) is 2.01.